The van der Waals surface area contributed by atoms with Crippen molar-refractivity contribution in [3.8, 4) is 5.75 Å². The van der Waals surface area contributed by atoms with Crippen LogP contribution >= 0.6 is 0 Å². The fourth-order valence-corrected chi connectivity index (χ4v) is 7.57. The van der Waals surface area contributed by atoms with Crippen LogP contribution in [0.15, 0.2) is 78.9 Å². The molecule has 3 aliphatic carbocycles. The number of hydrogen-bond acceptors (Lipinski definition) is 7. The zero-order valence-electron chi connectivity index (χ0n) is 20.4. The normalized spacial score (nSPS) is 34.8. The largest absolute Gasteiger partial charge is 0.426 e. The minimum atomic E-state index is -1.65. The summed E-state index contributed by atoms with van der Waals surface area (Å²) in [6.07, 6.45) is -0.503. The van der Waals surface area contributed by atoms with Crippen LogP contribution in [0.3, 0.4) is 0 Å². The molecule has 0 saturated carbocycles. The second-order valence-corrected chi connectivity index (χ2v) is 11.0. The minimum Gasteiger partial charge on any atom is -0.426 e. The average Bonchev–Trinajstić information content (AvgIpc) is 3.53. The van der Waals surface area contributed by atoms with Gasteiger partial charge in [-0.15, -0.1) is 0 Å². The van der Waals surface area contributed by atoms with Gasteiger partial charge in [0.05, 0.1) is 18.4 Å². The zero-order chi connectivity index (χ0) is 25.6. The molecule has 3 aromatic rings. The lowest BCUT2D eigenvalue weighted by atomic mass is 9.59. The van der Waals surface area contributed by atoms with E-state index >= 15 is 0 Å². The molecule has 5 atom stereocenters. The second kappa shape index (κ2) is 7.54. The first-order valence-corrected chi connectivity index (χ1v) is 13.1. The van der Waals surface area contributed by atoms with Gasteiger partial charge in [0.15, 0.2) is 6.10 Å². The molecule has 0 amide bonds. The molecule has 6 aliphatic rings. The van der Waals surface area contributed by atoms with Crippen LogP contribution in [0.2, 0.25) is 0 Å². The lowest BCUT2D eigenvalue weighted by Gasteiger charge is -2.45. The average molecular weight is 509 g/mol. The molecule has 7 nitrogen and oxygen atoms in total. The predicted molar refractivity (Wildman–Crippen MR) is 132 cm³/mol. The number of para-hydroxylation sites is 1. The van der Waals surface area contributed by atoms with Crippen molar-refractivity contribution in [1.82, 2.24) is 0 Å². The van der Waals surface area contributed by atoms with Gasteiger partial charge in [-0.3, -0.25) is 14.4 Å². The van der Waals surface area contributed by atoms with E-state index in [-0.39, 0.29) is 24.7 Å². The third-order valence-corrected chi connectivity index (χ3v) is 9.07. The molecule has 9 rings (SSSR count). The van der Waals surface area contributed by atoms with Crippen molar-refractivity contribution in [2.45, 2.75) is 49.1 Å². The van der Waals surface area contributed by atoms with E-state index in [4.69, 9.17) is 18.9 Å². The van der Waals surface area contributed by atoms with Gasteiger partial charge < -0.3 is 18.9 Å². The fourth-order valence-electron chi connectivity index (χ4n) is 7.57. The van der Waals surface area contributed by atoms with Gasteiger partial charge in [-0.25, -0.2) is 0 Å². The van der Waals surface area contributed by atoms with Gasteiger partial charge in [0.1, 0.15) is 5.75 Å². The van der Waals surface area contributed by atoms with Gasteiger partial charge in [0, 0.05) is 18.3 Å². The van der Waals surface area contributed by atoms with Gasteiger partial charge in [0.25, 0.3) is 5.79 Å². The summed E-state index contributed by atoms with van der Waals surface area (Å²) in [5, 5.41) is 0. The van der Waals surface area contributed by atoms with Gasteiger partial charge in [-0.1, -0.05) is 66.7 Å². The number of esters is 3. The Labute approximate surface area is 218 Å². The Morgan fingerprint density at radius 3 is 2.11 bits per heavy atom. The summed E-state index contributed by atoms with van der Waals surface area (Å²) in [7, 11) is 0. The number of ether oxygens (including phenoxy) is 4. The van der Waals surface area contributed by atoms with Crippen LogP contribution in [-0.2, 0) is 28.6 Å². The first-order valence-electron chi connectivity index (χ1n) is 13.1. The molecule has 3 aliphatic heterocycles. The smallest absolute Gasteiger partial charge is 0.332 e. The summed E-state index contributed by atoms with van der Waals surface area (Å²) >= 11 is 0. The van der Waals surface area contributed by atoms with Crippen LogP contribution in [0.4, 0.5) is 0 Å². The SMILES string of the molecule is O=C(OC12CC3CC(C(=O)Oc4ccccc4)(C(=O)O1)C2O3)C1CC2c3ccccc3C1c1ccccc12. The summed E-state index contributed by atoms with van der Waals surface area (Å²) in [6.45, 7) is 0. The Kier molecular flexibility index (Phi) is 4.38. The van der Waals surface area contributed by atoms with E-state index in [0.717, 1.165) is 11.1 Å². The Morgan fingerprint density at radius 1 is 0.816 bits per heavy atom. The Morgan fingerprint density at radius 2 is 1.45 bits per heavy atom. The summed E-state index contributed by atoms with van der Waals surface area (Å²) in [5.41, 5.74) is 3.11. The van der Waals surface area contributed by atoms with Crippen molar-refractivity contribution >= 4 is 17.9 Å². The summed E-state index contributed by atoms with van der Waals surface area (Å²) in [6, 6.07) is 25.1. The molecule has 0 radical (unpaired) electrons. The molecule has 4 bridgehead atoms. The molecular formula is C31H24O7. The van der Waals surface area contributed by atoms with E-state index in [0.29, 0.717) is 12.2 Å². The Balaban J connectivity index is 1.11. The van der Waals surface area contributed by atoms with Crippen molar-refractivity contribution in [2.24, 2.45) is 11.3 Å². The monoisotopic (exact) mass is 508 g/mol. The molecule has 0 aromatic heterocycles. The third kappa shape index (κ3) is 2.74. The number of hydrogen-bond donors (Lipinski definition) is 0. The first kappa shape index (κ1) is 22.1. The summed E-state index contributed by atoms with van der Waals surface area (Å²) in [5.74, 6) is -3.72. The quantitative estimate of drug-likeness (QED) is 0.296. The van der Waals surface area contributed by atoms with Crippen LogP contribution < -0.4 is 4.74 Å². The highest BCUT2D eigenvalue weighted by atomic mass is 16.8. The fraction of sp³-hybridized carbons (Fsp3) is 0.323. The lowest BCUT2D eigenvalue weighted by molar-refractivity contribution is -0.226. The highest BCUT2D eigenvalue weighted by Crippen LogP contribution is 2.62. The van der Waals surface area contributed by atoms with Crippen molar-refractivity contribution in [2.75, 3.05) is 0 Å². The van der Waals surface area contributed by atoms with E-state index in [9.17, 15) is 14.4 Å². The molecule has 3 heterocycles. The third-order valence-electron chi connectivity index (χ3n) is 9.07. The van der Waals surface area contributed by atoms with Crippen LogP contribution in [0.5, 0.6) is 5.75 Å². The van der Waals surface area contributed by atoms with Crippen molar-refractivity contribution in [3.63, 3.8) is 0 Å². The van der Waals surface area contributed by atoms with Crippen molar-refractivity contribution < 1.29 is 33.3 Å². The van der Waals surface area contributed by atoms with Gasteiger partial charge in [-0.2, -0.15) is 0 Å². The van der Waals surface area contributed by atoms with Crippen LogP contribution in [0, 0.1) is 11.3 Å². The molecule has 0 spiro atoms. The van der Waals surface area contributed by atoms with Gasteiger partial charge >= 0.3 is 17.9 Å². The number of fused-ring (bicyclic) bond motifs is 2. The van der Waals surface area contributed by atoms with Crippen LogP contribution in [-0.4, -0.2) is 35.9 Å². The predicted octanol–water partition coefficient (Wildman–Crippen LogP) is 4.23. The van der Waals surface area contributed by atoms with E-state index < -0.39 is 47.2 Å². The van der Waals surface area contributed by atoms with Gasteiger partial charge in [0.2, 0.25) is 5.41 Å². The number of carbonyl (C=O) groups excluding carboxylic acids is 3. The van der Waals surface area contributed by atoms with E-state index in [2.05, 4.69) is 24.3 Å². The molecule has 38 heavy (non-hydrogen) atoms. The summed E-state index contributed by atoms with van der Waals surface area (Å²) in [4.78, 5) is 40.5. The highest BCUT2D eigenvalue weighted by molar-refractivity contribution is 6.04. The summed E-state index contributed by atoms with van der Waals surface area (Å²) < 4.78 is 23.5. The number of benzene rings is 3. The number of rotatable bonds is 4. The number of carbonyl (C=O) groups is 3. The molecule has 0 N–H and O–H groups in total. The van der Waals surface area contributed by atoms with Crippen molar-refractivity contribution in [3.05, 3.63) is 101 Å². The van der Waals surface area contributed by atoms with Crippen molar-refractivity contribution in [1.29, 1.82) is 0 Å². The molecular weight excluding hydrogens is 484 g/mol. The van der Waals surface area contributed by atoms with E-state index in [1.165, 1.54) is 11.1 Å². The molecule has 3 aromatic carbocycles. The van der Waals surface area contributed by atoms with E-state index in [1.807, 2.05) is 24.3 Å². The second-order valence-electron chi connectivity index (χ2n) is 11.0. The van der Waals surface area contributed by atoms with Crippen LogP contribution in [0.25, 0.3) is 0 Å². The Hall–Kier alpha value is -3.97. The maximum Gasteiger partial charge on any atom is 0.332 e. The maximum atomic E-state index is 13.9. The minimum absolute atomic E-state index is 0.0878. The standard InChI is InChI=1S/C31H24O7/c32-26(24-14-23-19-10-4-6-12-21(19)25(24)22-13-7-5-11-20(22)23)37-31-16-18-15-30(27(31)35-18,29(34)38-31)28(33)36-17-8-2-1-3-9-17/h1-13,18,23-25,27H,14-16H2. The Bertz CT molecular complexity index is 1470. The van der Waals surface area contributed by atoms with Gasteiger partial charge in [-0.05, 0) is 40.8 Å². The highest BCUT2D eigenvalue weighted by Gasteiger charge is 2.81. The molecule has 3 saturated heterocycles. The first-order chi connectivity index (χ1) is 18.5. The van der Waals surface area contributed by atoms with E-state index in [1.54, 1.807) is 30.3 Å². The topological polar surface area (TPSA) is 88.1 Å². The lowest BCUT2D eigenvalue weighted by Crippen LogP contribution is -2.52. The maximum absolute atomic E-state index is 13.9. The molecule has 5 unspecified atom stereocenters. The van der Waals surface area contributed by atoms with Crippen LogP contribution in [0.1, 0.15) is 53.4 Å². The zero-order valence-corrected chi connectivity index (χ0v) is 20.4. The molecule has 190 valence electrons. The molecule has 3 fully saturated rings. The molecule has 7 heteroatoms.